The molecule has 0 spiro atoms. The summed E-state index contributed by atoms with van der Waals surface area (Å²) in [6.45, 7) is 4.26. The second kappa shape index (κ2) is 10.2. The molecule has 4 aromatic rings. The third-order valence-corrected chi connectivity index (χ3v) is 7.28. The maximum atomic E-state index is 5.17. The van der Waals surface area contributed by atoms with E-state index in [1.54, 1.807) is 0 Å². The first-order valence-corrected chi connectivity index (χ1v) is 11.9. The highest BCUT2D eigenvalue weighted by molar-refractivity contribution is 7.71. The third-order valence-electron chi connectivity index (χ3n) is 5.17. The third kappa shape index (κ3) is 5.48. The van der Waals surface area contributed by atoms with Crippen LogP contribution >= 0.6 is 8.07 Å². The van der Waals surface area contributed by atoms with Crippen molar-refractivity contribution in [1.29, 1.82) is 0 Å². The van der Waals surface area contributed by atoms with E-state index >= 15 is 0 Å². The van der Waals surface area contributed by atoms with E-state index in [-0.39, 0.29) is 0 Å². The average molecular weight is 423 g/mol. The number of aliphatic imine (C=N–C) groups is 1. The Hall–Kier alpha value is -3.22. The number of para-hydroxylation sites is 1. The lowest BCUT2D eigenvalue weighted by Gasteiger charge is -2.22. The van der Waals surface area contributed by atoms with Gasteiger partial charge in [0.05, 0.1) is 13.8 Å². The van der Waals surface area contributed by atoms with Crippen LogP contribution in [0.2, 0.25) is 0 Å². The summed E-state index contributed by atoms with van der Waals surface area (Å²) in [6.07, 6.45) is 0.757. The molecule has 0 saturated heterocycles. The van der Waals surface area contributed by atoms with Crippen molar-refractivity contribution in [2.24, 2.45) is 4.99 Å². The second-order valence-electron chi connectivity index (χ2n) is 7.58. The molecule has 0 radical (unpaired) electrons. The van der Waals surface area contributed by atoms with E-state index in [1.165, 1.54) is 27.3 Å². The molecule has 0 aliphatic carbocycles. The van der Waals surface area contributed by atoms with Crippen LogP contribution in [0.25, 0.3) is 0 Å². The minimum absolute atomic E-state index is 0.757. The van der Waals surface area contributed by atoms with Crippen LogP contribution in [0.5, 0.6) is 0 Å². The Balaban J connectivity index is 1.77. The molecule has 154 valence electrons. The highest BCUT2D eigenvalue weighted by atomic mass is 31.1. The Bertz CT molecular complexity index is 1080. The molecular weight excluding hydrogens is 395 g/mol. The van der Waals surface area contributed by atoms with E-state index in [0.29, 0.717) is 0 Å². The van der Waals surface area contributed by atoms with Crippen LogP contribution in [0.3, 0.4) is 0 Å². The predicted octanol–water partition coefficient (Wildman–Crippen LogP) is 6.21. The first kappa shape index (κ1) is 21.0. The summed E-state index contributed by atoms with van der Waals surface area (Å²) in [7, 11) is -0.783. The van der Waals surface area contributed by atoms with E-state index in [1.807, 2.05) is 0 Å². The molecule has 0 amide bonds. The van der Waals surface area contributed by atoms with Gasteiger partial charge >= 0.3 is 0 Å². The van der Waals surface area contributed by atoms with Crippen LogP contribution in [0.1, 0.15) is 16.7 Å². The average Bonchev–Trinajstić information content (AvgIpc) is 2.81. The van der Waals surface area contributed by atoms with Crippen LogP contribution in [0, 0.1) is 13.8 Å². The summed E-state index contributed by atoms with van der Waals surface area (Å²) in [5.74, 6) is 0.988. The number of benzene rings is 4. The van der Waals surface area contributed by atoms with Gasteiger partial charge in [-0.3, -0.25) is 0 Å². The van der Waals surface area contributed by atoms with Crippen LogP contribution in [-0.2, 0) is 6.42 Å². The van der Waals surface area contributed by atoms with E-state index in [4.69, 9.17) is 4.99 Å². The van der Waals surface area contributed by atoms with Crippen molar-refractivity contribution in [3.63, 3.8) is 0 Å². The number of aryl methyl sites for hydroxylation is 2. The van der Waals surface area contributed by atoms with Crippen molar-refractivity contribution in [3.8, 4) is 0 Å². The topological polar surface area (TPSA) is 24.4 Å². The van der Waals surface area contributed by atoms with E-state index < -0.39 is 8.07 Å². The van der Waals surface area contributed by atoms with Crippen LogP contribution in [-0.4, -0.2) is 5.84 Å². The van der Waals surface area contributed by atoms with Crippen LogP contribution in [0.15, 0.2) is 114 Å². The zero-order chi connectivity index (χ0) is 21.5. The fraction of sp³-hybridized carbons (Fsp3) is 0.107. The quantitative estimate of drug-likeness (QED) is 0.223. The largest absolute Gasteiger partial charge is 0.345 e. The molecule has 0 bridgehead atoms. The fourth-order valence-corrected chi connectivity index (χ4v) is 5.46. The molecule has 0 heterocycles. The van der Waals surface area contributed by atoms with Gasteiger partial charge in [-0.25, -0.2) is 4.99 Å². The number of nitrogens with one attached hydrogen (secondary N) is 1. The van der Waals surface area contributed by atoms with Crippen molar-refractivity contribution in [1.82, 2.24) is 5.09 Å². The monoisotopic (exact) mass is 422 g/mol. The van der Waals surface area contributed by atoms with Gasteiger partial charge in [-0.05, 0) is 30.5 Å². The maximum absolute atomic E-state index is 5.17. The Kier molecular flexibility index (Phi) is 6.92. The summed E-state index contributed by atoms with van der Waals surface area (Å²) in [5, 5.41) is 6.42. The summed E-state index contributed by atoms with van der Waals surface area (Å²) >= 11 is 0. The minimum Gasteiger partial charge on any atom is -0.345 e. The fourth-order valence-electron chi connectivity index (χ4n) is 3.57. The minimum atomic E-state index is -0.783. The number of hydrogen-bond acceptors (Lipinski definition) is 1. The maximum Gasteiger partial charge on any atom is 0.110 e. The van der Waals surface area contributed by atoms with Crippen molar-refractivity contribution in [3.05, 3.63) is 126 Å². The normalized spacial score (nSPS) is 11.5. The molecule has 0 fully saturated rings. The molecule has 0 aromatic heterocycles. The van der Waals surface area contributed by atoms with E-state index in [0.717, 1.165) is 17.9 Å². The molecule has 2 nitrogen and oxygen atoms in total. The van der Waals surface area contributed by atoms with Crippen LogP contribution < -0.4 is 15.7 Å². The van der Waals surface area contributed by atoms with E-state index in [2.05, 4.69) is 128 Å². The van der Waals surface area contributed by atoms with Crippen molar-refractivity contribution < 1.29 is 0 Å². The predicted molar refractivity (Wildman–Crippen MR) is 135 cm³/mol. The number of amidine groups is 1. The highest BCUT2D eigenvalue weighted by Gasteiger charge is 2.17. The van der Waals surface area contributed by atoms with Gasteiger partial charge in [-0.15, -0.1) is 0 Å². The molecule has 31 heavy (non-hydrogen) atoms. The molecule has 0 aliphatic rings. The molecule has 0 unspecified atom stereocenters. The summed E-state index contributed by atoms with van der Waals surface area (Å²) in [4.78, 5) is 5.17. The van der Waals surface area contributed by atoms with Gasteiger partial charge < -0.3 is 5.09 Å². The molecule has 0 atom stereocenters. The molecular formula is C28H27N2P. The van der Waals surface area contributed by atoms with Gasteiger partial charge in [0.25, 0.3) is 0 Å². The zero-order valence-electron chi connectivity index (χ0n) is 18.0. The summed E-state index contributed by atoms with van der Waals surface area (Å²) in [5.41, 5.74) is 4.68. The van der Waals surface area contributed by atoms with Crippen LogP contribution in [0.4, 0.5) is 5.69 Å². The summed E-state index contributed by atoms with van der Waals surface area (Å²) < 4.78 is 0. The van der Waals surface area contributed by atoms with Gasteiger partial charge in [-0.1, -0.05) is 109 Å². The lowest BCUT2D eigenvalue weighted by Crippen LogP contribution is -2.29. The molecule has 0 saturated carbocycles. The molecule has 0 aliphatic heterocycles. The zero-order valence-corrected chi connectivity index (χ0v) is 18.9. The van der Waals surface area contributed by atoms with Gasteiger partial charge in [-0.2, -0.15) is 0 Å². The molecule has 4 aromatic carbocycles. The van der Waals surface area contributed by atoms with Crippen molar-refractivity contribution in [2.75, 3.05) is 0 Å². The first-order valence-electron chi connectivity index (χ1n) is 10.6. The Morgan fingerprint density at radius 2 is 1.13 bits per heavy atom. The van der Waals surface area contributed by atoms with Gasteiger partial charge in [0.15, 0.2) is 0 Å². The first-order chi connectivity index (χ1) is 15.2. The van der Waals surface area contributed by atoms with Gasteiger partial charge in [0.1, 0.15) is 5.84 Å². The Morgan fingerprint density at radius 3 is 1.65 bits per heavy atom. The number of hydrogen-bond donors (Lipinski definition) is 1. The van der Waals surface area contributed by atoms with Crippen molar-refractivity contribution >= 4 is 30.2 Å². The Labute approximate surface area is 186 Å². The molecule has 4 rings (SSSR count). The van der Waals surface area contributed by atoms with E-state index in [9.17, 15) is 0 Å². The smallest absolute Gasteiger partial charge is 0.110 e. The lowest BCUT2D eigenvalue weighted by molar-refractivity contribution is 1.21. The SMILES string of the molecule is Cc1cccc(C)c1N=C(Cc1ccccc1)NP(c1ccccc1)c1ccccc1. The summed E-state index contributed by atoms with van der Waals surface area (Å²) in [6, 6.07) is 38.3. The highest BCUT2D eigenvalue weighted by Crippen LogP contribution is 2.30. The second-order valence-corrected chi connectivity index (χ2v) is 9.51. The molecule has 3 heteroatoms. The lowest BCUT2D eigenvalue weighted by atomic mass is 10.1. The standard InChI is InChI=1S/C28H27N2P/c1-22-13-12-14-23(2)28(22)29-27(21-24-15-6-3-7-16-24)30-31(25-17-8-4-9-18-25)26-19-10-5-11-20-26/h3-20H,21H2,1-2H3,(H,29,30). The van der Waals surface area contributed by atoms with Gasteiger partial charge in [0, 0.05) is 17.0 Å². The van der Waals surface area contributed by atoms with Gasteiger partial charge in [0.2, 0.25) is 0 Å². The molecule has 1 N–H and O–H groups in total. The van der Waals surface area contributed by atoms with Crippen molar-refractivity contribution in [2.45, 2.75) is 20.3 Å². The Morgan fingerprint density at radius 1 is 0.645 bits per heavy atom. The number of nitrogens with zero attached hydrogens (tertiary/aromatic N) is 1. The number of rotatable bonds is 6.